The van der Waals surface area contributed by atoms with Crippen molar-refractivity contribution in [3.63, 3.8) is 0 Å². The molecule has 3 N–H and O–H groups in total. The number of carbonyl (C=O) groups excluding carboxylic acids is 1. The third-order valence-corrected chi connectivity index (χ3v) is 4.57. The molecule has 2 aromatic carbocycles. The Labute approximate surface area is 192 Å². The highest BCUT2D eigenvalue weighted by atomic mass is 19.2. The molecule has 0 radical (unpaired) electrons. The summed E-state index contributed by atoms with van der Waals surface area (Å²) in [6.07, 6.45) is 4.52. The van der Waals surface area contributed by atoms with Gasteiger partial charge in [-0.3, -0.25) is 0 Å². The van der Waals surface area contributed by atoms with Gasteiger partial charge in [-0.25, -0.2) is 27.9 Å². The van der Waals surface area contributed by atoms with Gasteiger partial charge >= 0.3 is 5.97 Å². The minimum absolute atomic E-state index is 0.0469. The van der Waals surface area contributed by atoms with Crippen LogP contribution in [-0.4, -0.2) is 28.5 Å². The van der Waals surface area contributed by atoms with Crippen molar-refractivity contribution < 1.29 is 22.7 Å². The zero-order valence-electron chi connectivity index (χ0n) is 18.1. The fourth-order valence-electron chi connectivity index (χ4n) is 2.99. The molecule has 11 heteroatoms. The van der Waals surface area contributed by atoms with Crippen molar-refractivity contribution in [1.82, 2.24) is 14.9 Å². The molecule has 0 atom stereocenters. The molecule has 3 aromatic rings. The lowest BCUT2D eigenvalue weighted by molar-refractivity contribution is -0.136. The van der Waals surface area contributed by atoms with Crippen molar-refractivity contribution in [2.75, 3.05) is 7.11 Å². The quantitative estimate of drug-likeness (QED) is 0.181. The van der Waals surface area contributed by atoms with E-state index in [-0.39, 0.29) is 23.6 Å². The Morgan fingerprint density at radius 2 is 2.00 bits per heavy atom. The molecule has 0 fully saturated rings. The van der Waals surface area contributed by atoms with Crippen molar-refractivity contribution in [3.05, 3.63) is 88.9 Å². The Morgan fingerprint density at radius 1 is 1.29 bits per heavy atom. The minimum atomic E-state index is -1.59. The number of imidazole rings is 1. The van der Waals surface area contributed by atoms with Crippen molar-refractivity contribution in [1.29, 1.82) is 5.26 Å². The van der Waals surface area contributed by atoms with Crippen LogP contribution in [0.5, 0.6) is 0 Å². The molecule has 0 saturated heterocycles. The molecule has 0 bridgehead atoms. The molecule has 1 heterocycles. The summed E-state index contributed by atoms with van der Waals surface area (Å²) < 4.78 is 46.4. The highest BCUT2D eigenvalue weighted by Crippen LogP contribution is 2.22. The number of nitrogens with zero attached hydrogens (tertiary/aromatic N) is 4. The summed E-state index contributed by atoms with van der Waals surface area (Å²) in [4.78, 5) is 20.4. The zero-order valence-corrected chi connectivity index (χ0v) is 18.1. The third-order valence-electron chi connectivity index (χ3n) is 4.57. The number of nitrogens with one attached hydrogen (secondary N) is 1. The van der Waals surface area contributed by atoms with E-state index in [1.165, 1.54) is 12.1 Å². The molecule has 0 saturated carbocycles. The van der Waals surface area contributed by atoms with Crippen molar-refractivity contribution in [3.8, 4) is 11.8 Å². The van der Waals surface area contributed by atoms with Gasteiger partial charge in [0, 0.05) is 18.8 Å². The van der Waals surface area contributed by atoms with Crippen LogP contribution in [-0.2, 0) is 16.1 Å². The van der Waals surface area contributed by atoms with E-state index in [0.717, 1.165) is 24.9 Å². The number of nitriles is 1. The Balaban J connectivity index is 1.85. The standard InChI is InChI=1S/C23H19F3N6O2/c1-13-11-32(12-30-13)20-4-3-16(7-15(20)9-27)31-21(28)8-19(23(33)34-2)29-10-14-5-17(24)22(26)18(25)6-14/h3-8,11-12,29H,10H2,1-2H3,(H2,28,31)/b19-8-. The second-order valence-corrected chi connectivity index (χ2v) is 7.05. The number of esters is 1. The van der Waals surface area contributed by atoms with Crippen LogP contribution in [0.2, 0.25) is 0 Å². The highest BCUT2D eigenvalue weighted by Gasteiger charge is 2.14. The fraction of sp³-hybridized carbons (Fsp3) is 0.130. The Morgan fingerprint density at radius 3 is 2.59 bits per heavy atom. The van der Waals surface area contributed by atoms with Gasteiger partial charge in [-0.05, 0) is 42.8 Å². The topological polar surface area (TPSA) is 118 Å². The number of amidine groups is 1. The molecule has 8 nitrogen and oxygen atoms in total. The van der Waals surface area contributed by atoms with Gasteiger partial charge in [-0.15, -0.1) is 0 Å². The van der Waals surface area contributed by atoms with Crippen LogP contribution in [0.3, 0.4) is 0 Å². The monoisotopic (exact) mass is 468 g/mol. The number of aromatic nitrogens is 2. The van der Waals surface area contributed by atoms with Crippen molar-refractivity contribution >= 4 is 17.5 Å². The van der Waals surface area contributed by atoms with Crippen LogP contribution < -0.4 is 11.1 Å². The molecular formula is C23H19F3N6O2. The van der Waals surface area contributed by atoms with Crippen LogP contribution >= 0.6 is 0 Å². The van der Waals surface area contributed by atoms with E-state index in [1.807, 2.05) is 6.92 Å². The number of rotatable bonds is 7. The summed E-state index contributed by atoms with van der Waals surface area (Å²) >= 11 is 0. The van der Waals surface area contributed by atoms with Crippen LogP contribution in [0.4, 0.5) is 18.9 Å². The van der Waals surface area contributed by atoms with E-state index in [1.54, 1.807) is 29.2 Å². The first-order valence-corrected chi connectivity index (χ1v) is 9.78. The van der Waals surface area contributed by atoms with Gasteiger partial charge in [0.05, 0.1) is 36.1 Å². The van der Waals surface area contributed by atoms with E-state index in [4.69, 9.17) is 5.73 Å². The third kappa shape index (κ3) is 5.60. The number of aliphatic imine (C=N–C) groups is 1. The molecule has 174 valence electrons. The van der Waals surface area contributed by atoms with E-state index in [0.29, 0.717) is 16.9 Å². The lowest BCUT2D eigenvalue weighted by Gasteiger charge is -2.10. The second-order valence-electron chi connectivity index (χ2n) is 7.05. The number of ether oxygens (including phenoxy) is 1. The van der Waals surface area contributed by atoms with Crippen LogP contribution in [0, 0.1) is 35.7 Å². The summed E-state index contributed by atoms with van der Waals surface area (Å²) in [5, 5.41) is 12.1. The maximum absolute atomic E-state index is 13.4. The van der Waals surface area contributed by atoms with E-state index < -0.39 is 23.4 Å². The number of halogens is 3. The molecule has 34 heavy (non-hydrogen) atoms. The van der Waals surface area contributed by atoms with Gasteiger partial charge in [0.1, 0.15) is 17.6 Å². The van der Waals surface area contributed by atoms with Crippen molar-refractivity contribution in [2.24, 2.45) is 10.7 Å². The Hall–Kier alpha value is -4.59. The molecule has 0 spiro atoms. The molecule has 0 unspecified atom stereocenters. The maximum Gasteiger partial charge on any atom is 0.354 e. The normalized spacial score (nSPS) is 11.8. The van der Waals surface area contributed by atoms with Crippen LogP contribution in [0.25, 0.3) is 5.69 Å². The first kappa shape index (κ1) is 24.1. The smallest absolute Gasteiger partial charge is 0.354 e. The van der Waals surface area contributed by atoms with Gasteiger partial charge in [-0.2, -0.15) is 5.26 Å². The number of hydrogen-bond acceptors (Lipinski definition) is 6. The van der Waals surface area contributed by atoms with Gasteiger partial charge < -0.3 is 20.4 Å². The minimum Gasteiger partial charge on any atom is -0.464 e. The molecule has 1 aromatic heterocycles. The number of nitrogens with two attached hydrogens (primary N) is 1. The SMILES string of the molecule is COC(=O)/C(=C/C(N)=Nc1ccc(-n2cnc(C)c2)c(C#N)c1)NCc1cc(F)c(F)c(F)c1. The van der Waals surface area contributed by atoms with Crippen LogP contribution in [0.1, 0.15) is 16.8 Å². The average molecular weight is 468 g/mol. The number of aryl methyl sites for hydroxylation is 1. The highest BCUT2D eigenvalue weighted by molar-refractivity contribution is 6.01. The number of hydrogen-bond donors (Lipinski definition) is 2. The molecule has 0 aliphatic rings. The lowest BCUT2D eigenvalue weighted by Crippen LogP contribution is -2.24. The van der Waals surface area contributed by atoms with E-state index in [2.05, 4.69) is 26.1 Å². The van der Waals surface area contributed by atoms with E-state index in [9.17, 15) is 23.2 Å². The van der Waals surface area contributed by atoms with E-state index >= 15 is 0 Å². The predicted molar refractivity (Wildman–Crippen MR) is 118 cm³/mol. The summed E-state index contributed by atoms with van der Waals surface area (Å²) in [6, 6.07) is 8.49. The Kier molecular flexibility index (Phi) is 7.33. The molecule has 3 rings (SSSR count). The van der Waals surface area contributed by atoms with Crippen molar-refractivity contribution in [2.45, 2.75) is 13.5 Å². The molecule has 0 aliphatic heterocycles. The second kappa shape index (κ2) is 10.4. The van der Waals surface area contributed by atoms with Gasteiger partial charge in [-0.1, -0.05) is 0 Å². The first-order valence-electron chi connectivity index (χ1n) is 9.78. The van der Waals surface area contributed by atoms with Gasteiger partial charge in [0.25, 0.3) is 0 Å². The number of carbonyl (C=O) groups is 1. The average Bonchev–Trinajstić information content (AvgIpc) is 3.25. The number of methoxy groups -OCH3 is 1. The summed E-state index contributed by atoms with van der Waals surface area (Å²) in [5.74, 6) is -5.23. The summed E-state index contributed by atoms with van der Waals surface area (Å²) in [5.41, 5.74) is 7.89. The van der Waals surface area contributed by atoms with Gasteiger partial charge in [0.2, 0.25) is 0 Å². The Bertz CT molecular complexity index is 1320. The summed E-state index contributed by atoms with van der Waals surface area (Å²) in [6.45, 7) is 1.60. The molecule has 0 aliphatic carbocycles. The zero-order chi connectivity index (χ0) is 24.8. The fourth-order valence-corrected chi connectivity index (χ4v) is 2.99. The van der Waals surface area contributed by atoms with Crippen LogP contribution in [0.15, 0.2) is 59.6 Å². The van der Waals surface area contributed by atoms with Gasteiger partial charge in [0.15, 0.2) is 17.5 Å². The largest absolute Gasteiger partial charge is 0.464 e. The lowest BCUT2D eigenvalue weighted by atomic mass is 10.1. The predicted octanol–water partition coefficient (Wildman–Crippen LogP) is 3.31. The maximum atomic E-state index is 13.4. The summed E-state index contributed by atoms with van der Waals surface area (Å²) in [7, 11) is 1.14. The first-order chi connectivity index (χ1) is 16.2. The molecule has 0 amide bonds. The molecular weight excluding hydrogens is 449 g/mol. The number of benzene rings is 2.